The first-order valence-corrected chi connectivity index (χ1v) is 10.5. The van der Waals surface area contributed by atoms with Crippen molar-refractivity contribution in [3.63, 3.8) is 0 Å². The van der Waals surface area contributed by atoms with E-state index in [1.54, 1.807) is 0 Å². The van der Waals surface area contributed by atoms with Crippen molar-refractivity contribution in [1.29, 1.82) is 5.26 Å². The Morgan fingerprint density at radius 1 is 1.08 bits per heavy atom. The van der Waals surface area contributed by atoms with Crippen LogP contribution in [0.4, 0.5) is 0 Å². The molecule has 1 fully saturated rings. The molecule has 0 heterocycles. The summed E-state index contributed by atoms with van der Waals surface area (Å²) in [6.45, 7) is 4.59. The summed E-state index contributed by atoms with van der Waals surface area (Å²) in [7, 11) is 0. The minimum atomic E-state index is -0.0869. The molecule has 0 amide bonds. The number of nitriles is 1. The number of benzene rings is 1. The van der Waals surface area contributed by atoms with Gasteiger partial charge < -0.3 is 0 Å². The van der Waals surface area contributed by atoms with Gasteiger partial charge in [0.1, 0.15) is 0 Å². The van der Waals surface area contributed by atoms with Gasteiger partial charge in [-0.2, -0.15) is 5.26 Å². The highest BCUT2D eigenvalue weighted by molar-refractivity contribution is 5.34. The van der Waals surface area contributed by atoms with Crippen molar-refractivity contribution >= 4 is 0 Å². The zero-order valence-electron chi connectivity index (χ0n) is 16.5. The molecular weight excluding hydrogens is 314 g/mol. The monoisotopic (exact) mass is 347 g/mol. The van der Waals surface area contributed by atoms with Crippen LogP contribution >= 0.6 is 0 Å². The maximum absolute atomic E-state index is 9.91. The molecule has 1 heteroatoms. The van der Waals surface area contributed by atoms with Gasteiger partial charge in [-0.3, -0.25) is 0 Å². The molecule has 1 aromatic carbocycles. The Bertz CT molecular complexity index is 664. The summed E-state index contributed by atoms with van der Waals surface area (Å²) in [5, 5.41) is 9.91. The van der Waals surface area contributed by atoms with Gasteiger partial charge in [-0.05, 0) is 43.6 Å². The quantitative estimate of drug-likeness (QED) is 0.500. The van der Waals surface area contributed by atoms with Crippen molar-refractivity contribution in [1.82, 2.24) is 0 Å². The lowest BCUT2D eigenvalue weighted by atomic mass is 9.64. The normalized spacial score (nSPS) is 33.7. The first-order valence-electron chi connectivity index (χ1n) is 10.5. The van der Waals surface area contributed by atoms with E-state index in [0.717, 1.165) is 25.7 Å². The molecule has 138 valence electrons. The second kappa shape index (κ2) is 8.26. The standard InChI is InChI=1S/C25H33N/c1-3-13-24(17-18-25(20-26)14-7-8-21(2)19-25)15-11-23(12-16-24)22-9-5-4-6-10-22/h4-6,9-12,15-16,21,23H,3,7-8,13-14,17-19H2,1-2H3. The largest absolute Gasteiger partial charge is 0.198 e. The van der Waals surface area contributed by atoms with Crippen LogP contribution in [0, 0.1) is 28.1 Å². The van der Waals surface area contributed by atoms with Crippen LogP contribution < -0.4 is 0 Å². The number of nitrogens with zero attached hydrogens (tertiary/aromatic N) is 1. The third-order valence-electron chi connectivity index (χ3n) is 6.57. The minimum Gasteiger partial charge on any atom is -0.198 e. The summed E-state index contributed by atoms with van der Waals surface area (Å²) >= 11 is 0. The summed E-state index contributed by atoms with van der Waals surface area (Å²) in [5.41, 5.74) is 1.42. The maximum atomic E-state index is 9.91. The third kappa shape index (κ3) is 4.29. The van der Waals surface area contributed by atoms with Gasteiger partial charge in [-0.15, -0.1) is 0 Å². The van der Waals surface area contributed by atoms with Crippen LogP contribution in [-0.4, -0.2) is 0 Å². The van der Waals surface area contributed by atoms with Gasteiger partial charge in [-0.1, -0.05) is 87.7 Å². The molecule has 2 unspecified atom stereocenters. The summed E-state index contributed by atoms with van der Waals surface area (Å²) in [5.74, 6) is 1.09. The Kier molecular flexibility index (Phi) is 6.02. The lowest BCUT2D eigenvalue weighted by Gasteiger charge is -2.38. The molecule has 1 aromatic rings. The van der Waals surface area contributed by atoms with Crippen LogP contribution in [0.3, 0.4) is 0 Å². The molecule has 1 nitrogen and oxygen atoms in total. The predicted molar refractivity (Wildman–Crippen MR) is 110 cm³/mol. The molecule has 26 heavy (non-hydrogen) atoms. The highest BCUT2D eigenvalue weighted by atomic mass is 14.4. The van der Waals surface area contributed by atoms with E-state index in [1.807, 2.05) is 0 Å². The second-order valence-electron chi connectivity index (χ2n) is 8.73. The van der Waals surface area contributed by atoms with Gasteiger partial charge in [0.2, 0.25) is 0 Å². The Hall–Kier alpha value is -1.81. The third-order valence-corrected chi connectivity index (χ3v) is 6.57. The Balaban J connectivity index is 1.71. The van der Waals surface area contributed by atoms with Gasteiger partial charge in [0, 0.05) is 11.3 Å². The van der Waals surface area contributed by atoms with Crippen molar-refractivity contribution in [2.75, 3.05) is 0 Å². The summed E-state index contributed by atoms with van der Waals surface area (Å²) in [6, 6.07) is 13.5. The van der Waals surface area contributed by atoms with Crippen LogP contribution in [0.25, 0.3) is 0 Å². The predicted octanol–water partition coefficient (Wildman–Crippen LogP) is 7.18. The van der Waals surface area contributed by atoms with E-state index in [9.17, 15) is 5.26 Å². The van der Waals surface area contributed by atoms with E-state index in [2.05, 4.69) is 74.6 Å². The molecule has 0 aliphatic heterocycles. The molecule has 2 aliphatic rings. The highest BCUT2D eigenvalue weighted by Gasteiger charge is 2.37. The lowest BCUT2D eigenvalue weighted by Crippen LogP contribution is -2.29. The molecule has 3 rings (SSSR count). The average molecular weight is 348 g/mol. The number of hydrogen-bond acceptors (Lipinski definition) is 1. The molecule has 0 radical (unpaired) electrons. The fraction of sp³-hybridized carbons (Fsp3) is 0.560. The highest BCUT2D eigenvalue weighted by Crippen LogP contribution is 2.47. The van der Waals surface area contributed by atoms with Crippen molar-refractivity contribution < 1.29 is 0 Å². The second-order valence-corrected chi connectivity index (χ2v) is 8.73. The van der Waals surface area contributed by atoms with Gasteiger partial charge in [0.15, 0.2) is 0 Å². The Morgan fingerprint density at radius 2 is 1.81 bits per heavy atom. The topological polar surface area (TPSA) is 23.8 Å². The first-order chi connectivity index (χ1) is 12.6. The fourth-order valence-corrected chi connectivity index (χ4v) is 5.05. The first kappa shape index (κ1) is 19.0. The molecule has 2 atom stereocenters. The van der Waals surface area contributed by atoms with Crippen LogP contribution in [0.15, 0.2) is 54.6 Å². The van der Waals surface area contributed by atoms with Crippen LogP contribution in [0.1, 0.15) is 76.7 Å². The van der Waals surface area contributed by atoms with Gasteiger partial charge in [0.25, 0.3) is 0 Å². The van der Waals surface area contributed by atoms with E-state index in [1.165, 1.54) is 31.2 Å². The van der Waals surface area contributed by atoms with E-state index in [-0.39, 0.29) is 10.8 Å². The van der Waals surface area contributed by atoms with Crippen molar-refractivity contribution in [3.05, 3.63) is 60.2 Å². The van der Waals surface area contributed by atoms with E-state index in [4.69, 9.17) is 0 Å². The van der Waals surface area contributed by atoms with Gasteiger partial charge in [-0.25, -0.2) is 0 Å². The van der Waals surface area contributed by atoms with Crippen molar-refractivity contribution in [2.24, 2.45) is 16.7 Å². The summed E-state index contributed by atoms with van der Waals surface area (Å²) in [6.07, 6.45) is 18.9. The molecule has 0 saturated heterocycles. The number of allylic oxidation sites excluding steroid dienone is 4. The van der Waals surface area contributed by atoms with E-state index >= 15 is 0 Å². The molecule has 0 spiro atoms. The molecule has 0 N–H and O–H groups in total. The average Bonchev–Trinajstić information content (AvgIpc) is 2.68. The van der Waals surface area contributed by atoms with E-state index < -0.39 is 0 Å². The maximum Gasteiger partial charge on any atom is 0.0689 e. The zero-order valence-corrected chi connectivity index (χ0v) is 16.5. The molecular formula is C25H33N. The SMILES string of the molecule is CCCC1(CCC2(C#N)CCCC(C)C2)C=CC(c2ccccc2)C=C1. The van der Waals surface area contributed by atoms with Crippen molar-refractivity contribution in [3.8, 4) is 6.07 Å². The minimum absolute atomic E-state index is 0.0869. The zero-order chi connectivity index (χ0) is 18.5. The molecule has 0 aromatic heterocycles. The van der Waals surface area contributed by atoms with Crippen molar-refractivity contribution in [2.45, 2.75) is 71.1 Å². The molecule has 0 bridgehead atoms. The Labute approximate surface area is 159 Å². The number of hydrogen-bond donors (Lipinski definition) is 0. The molecule has 1 saturated carbocycles. The van der Waals surface area contributed by atoms with E-state index in [0.29, 0.717) is 11.8 Å². The van der Waals surface area contributed by atoms with Gasteiger partial charge >= 0.3 is 0 Å². The van der Waals surface area contributed by atoms with Crippen LogP contribution in [-0.2, 0) is 0 Å². The summed E-state index contributed by atoms with van der Waals surface area (Å²) in [4.78, 5) is 0. The van der Waals surface area contributed by atoms with Crippen LogP contribution in [0.2, 0.25) is 0 Å². The Morgan fingerprint density at radius 3 is 2.42 bits per heavy atom. The number of rotatable bonds is 6. The van der Waals surface area contributed by atoms with Gasteiger partial charge in [0.05, 0.1) is 11.5 Å². The fourth-order valence-electron chi connectivity index (χ4n) is 5.05. The van der Waals surface area contributed by atoms with Crippen LogP contribution in [0.5, 0.6) is 0 Å². The summed E-state index contributed by atoms with van der Waals surface area (Å²) < 4.78 is 0. The smallest absolute Gasteiger partial charge is 0.0689 e. The molecule has 2 aliphatic carbocycles. The lowest BCUT2D eigenvalue weighted by molar-refractivity contribution is 0.176.